The van der Waals surface area contributed by atoms with Crippen molar-refractivity contribution in [1.82, 2.24) is 4.79 Å². The summed E-state index contributed by atoms with van der Waals surface area (Å²) in [6, 6.07) is 5.46. The number of halogens is 2. The number of rotatable bonds is 2. The average Bonchev–Trinajstić information content (AvgIpc) is 2.37. The summed E-state index contributed by atoms with van der Waals surface area (Å²) >= 11 is 0. The van der Waals surface area contributed by atoms with Crippen LogP contribution in [0.2, 0.25) is 0 Å². The Morgan fingerprint density at radius 1 is 1.39 bits per heavy atom. The number of carbonyl (C=O) groups is 1. The van der Waals surface area contributed by atoms with Crippen molar-refractivity contribution in [2.24, 2.45) is 0 Å². The Kier molecular flexibility index (Phi) is 3.10. The van der Waals surface area contributed by atoms with E-state index < -0.39 is 22.9 Å². The van der Waals surface area contributed by atoms with Crippen molar-refractivity contribution < 1.29 is 18.4 Å². The van der Waals surface area contributed by atoms with Gasteiger partial charge in [0.15, 0.2) is 11.4 Å². The molecule has 0 fully saturated rings. The summed E-state index contributed by atoms with van der Waals surface area (Å²) in [5.41, 5.74) is -2.50. The molecular formula is C12H9F2NO3. The van der Waals surface area contributed by atoms with E-state index in [1.165, 1.54) is 31.2 Å². The zero-order valence-corrected chi connectivity index (χ0v) is 9.44. The van der Waals surface area contributed by atoms with E-state index in [4.69, 9.17) is 0 Å². The molecule has 0 atom stereocenters. The molecule has 0 aliphatic heterocycles. The van der Waals surface area contributed by atoms with Crippen LogP contribution < -0.4 is 5.56 Å². The van der Waals surface area contributed by atoms with Gasteiger partial charge < -0.3 is 4.74 Å². The molecule has 4 nitrogen and oxygen atoms in total. The molecule has 0 saturated carbocycles. The van der Waals surface area contributed by atoms with E-state index in [1.54, 1.807) is 0 Å². The van der Waals surface area contributed by atoms with Crippen LogP contribution in [-0.4, -0.2) is 17.4 Å². The highest BCUT2D eigenvalue weighted by Crippen LogP contribution is 2.19. The number of hydrogen-bond donors (Lipinski definition) is 0. The predicted octanol–water partition coefficient (Wildman–Crippen LogP) is 2.05. The molecule has 1 aromatic carbocycles. The molecular weight excluding hydrogens is 244 g/mol. The van der Waals surface area contributed by atoms with E-state index in [1.807, 2.05) is 0 Å². The van der Waals surface area contributed by atoms with E-state index >= 15 is 0 Å². The van der Waals surface area contributed by atoms with Crippen LogP contribution in [0.1, 0.15) is 17.3 Å². The minimum atomic E-state index is -1.36. The molecule has 6 heteroatoms. The SMILES string of the molecule is CCOC(=O)c1c(F)c2ccccc2n(F)c1=O. The number of carbonyl (C=O) groups excluding carboxylic acids is 1. The normalized spacial score (nSPS) is 10.6. The quantitative estimate of drug-likeness (QED) is 0.769. The zero-order chi connectivity index (χ0) is 13.3. The van der Waals surface area contributed by atoms with Crippen LogP contribution in [-0.2, 0) is 4.74 Å². The third-order valence-electron chi connectivity index (χ3n) is 2.44. The molecule has 1 aromatic heterocycles. The fourth-order valence-electron chi connectivity index (χ4n) is 1.65. The summed E-state index contributed by atoms with van der Waals surface area (Å²) in [7, 11) is 0. The van der Waals surface area contributed by atoms with Crippen LogP contribution in [0, 0.1) is 5.82 Å². The Morgan fingerprint density at radius 2 is 2.06 bits per heavy atom. The molecule has 18 heavy (non-hydrogen) atoms. The van der Waals surface area contributed by atoms with Gasteiger partial charge in [-0.05, 0) is 19.1 Å². The highest BCUT2D eigenvalue weighted by molar-refractivity contribution is 5.94. The minimum absolute atomic E-state index is 0.0309. The van der Waals surface area contributed by atoms with Gasteiger partial charge in [-0.2, -0.15) is 0 Å². The van der Waals surface area contributed by atoms with Crippen LogP contribution >= 0.6 is 0 Å². The van der Waals surface area contributed by atoms with Crippen molar-refractivity contribution in [3.63, 3.8) is 0 Å². The van der Waals surface area contributed by atoms with Crippen LogP contribution in [0.15, 0.2) is 29.1 Å². The van der Waals surface area contributed by atoms with Crippen molar-refractivity contribution in [2.45, 2.75) is 6.92 Å². The average molecular weight is 253 g/mol. The number of pyridine rings is 1. The summed E-state index contributed by atoms with van der Waals surface area (Å²) in [4.78, 5) is 22.7. The maximum absolute atomic E-state index is 14.0. The van der Waals surface area contributed by atoms with Crippen LogP contribution in [0.5, 0.6) is 0 Å². The Labute approximate surface area is 100 Å². The summed E-state index contributed by atoms with van der Waals surface area (Å²) in [5, 5.41) is -0.150. The molecule has 0 bridgehead atoms. The predicted molar refractivity (Wildman–Crippen MR) is 60.6 cm³/mol. The Bertz CT molecular complexity index is 679. The minimum Gasteiger partial charge on any atom is -0.462 e. The van der Waals surface area contributed by atoms with E-state index in [0.29, 0.717) is 0 Å². The third kappa shape index (κ3) is 1.75. The van der Waals surface area contributed by atoms with Gasteiger partial charge in [0.2, 0.25) is 0 Å². The van der Waals surface area contributed by atoms with Crippen LogP contribution in [0.3, 0.4) is 0 Å². The number of ether oxygens (including phenoxy) is 1. The molecule has 1 heterocycles. The topological polar surface area (TPSA) is 48.3 Å². The lowest BCUT2D eigenvalue weighted by molar-refractivity contribution is 0.0517. The van der Waals surface area contributed by atoms with Gasteiger partial charge in [0.05, 0.1) is 12.1 Å². The molecule has 2 aromatic rings. The molecule has 0 spiro atoms. The first-order valence-corrected chi connectivity index (χ1v) is 5.24. The largest absolute Gasteiger partial charge is 0.462 e. The molecule has 0 aliphatic rings. The molecule has 0 unspecified atom stereocenters. The van der Waals surface area contributed by atoms with E-state index in [-0.39, 0.29) is 22.3 Å². The van der Waals surface area contributed by atoms with Gasteiger partial charge >= 0.3 is 5.97 Å². The van der Waals surface area contributed by atoms with Crippen molar-refractivity contribution in [2.75, 3.05) is 6.61 Å². The number of fused-ring (bicyclic) bond motifs is 1. The van der Waals surface area contributed by atoms with Crippen molar-refractivity contribution in [3.05, 3.63) is 46.0 Å². The number of nitrogens with zero attached hydrogens (tertiary/aromatic N) is 1. The molecule has 0 amide bonds. The second-order valence-corrected chi connectivity index (χ2v) is 3.51. The molecule has 94 valence electrons. The maximum atomic E-state index is 14.0. The number of hydrogen-bond acceptors (Lipinski definition) is 3. The van der Waals surface area contributed by atoms with E-state index in [9.17, 15) is 18.5 Å². The first-order chi connectivity index (χ1) is 8.57. The van der Waals surface area contributed by atoms with Gasteiger partial charge in [0, 0.05) is 5.39 Å². The van der Waals surface area contributed by atoms with Crippen molar-refractivity contribution in [1.29, 1.82) is 0 Å². The number of benzene rings is 1. The third-order valence-corrected chi connectivity index (χ3v) is 2.44. The monoisotopic (exact) mass is 253 g/mol. The van der Waals surface area contributed by atoms with Crippen LogP contribution in [0.25, 0.3) is 10.9 Å². The molecule has 0 radical (unpaired) electrons. The zero-order valence-electron chi connectivity index (χ0n) is 9.44. The highest BCUT2D eigenvalue weighted by Gasteiger charge is 2.23. The summed E-state index contributed by atoms with van der Waals surface area (Å²) in [6.07, 6.45) is 0. The maximum Gasteiger partial charge on any atom is 0.346 e. The lowest BCUT2D eigenvalue weighted by Gasteiger charge is -2.07. The van der Waals surface area contributed by atoms with E-state index in [0.717, 1.165) is 0 Å². The number of aromatic nitrogens is 1. The standard InChI is InChI=1S/C12H9F2NO3/c1-2-18-12(17)9-10(13)7-5-3-4-6-8(7)15(14)11(9)16/h3-6H,2H2,1H3. The summed E-state index contributed by atoms with van der Waals surface area (Å²) in [6.45, 7) is 1.47. The number of para-hydroxylation sites is 1. The Hall–Kier alpha value is -2.24. The smallest absolute Gasteiger partial charge is 0.346 e. The Balaban J connectivity index is 2.83. The summed E-state index contributed by atoms with van der Waals surface area (Å²) in [5.74, 6) is -2.24. The first-order valence-electron chi connectivity index (χ1n) is 5.24. The van der Waals surface area contributed by atoms with Gasteiger partial charge in [0.25, 0.3) is 5.56 Å². The van der Waals surface area contributed by atoms with Crippen LogP contribution in [0.4, 0.5) is 8.87 Å². The van der Waals surface area contributed by atoms with Gasteiger partial charge in [-0.3, -0.25) is 4.79 Å². The lowest BCUT2D eigenvalue weighted by atomic mass is 10.1. The second-order valence-electron chi connectivity index (χ2n) is 3.51. The fourth-order valence-corrected chi connectivity index (χ4v) is 1.65. The van der Waals surface area contributed by atoms with E-state index in [2.05, 4.69) is 4.74 Å². The Morgan fingerprint density at radius 3 is 2.72 bits per heavy atom. The molecule has 0 N–H and O–H groups in total. The second kappa shape index (κ2) is 4.56. The fraction of sp³-hybridized carbons (Fsp3) is 0.167. The van der Waals surface area contributed by atoms with Crippen molar-refractivity contribution in [3.8, 4) is 0 Å². The first kappa shape index (κ1) is 12.2. The van der Waals surface area contributed by atoms with Gasteiger partial charge in [-0.25, -0.2) is 9.18 Å². The number of esters is 1. The lowest BCUT2D eigenvalue weighted by Crippen LogP contribution is -2.26. The van der Waals surface area contributed by atoms with Gasteiger partial charge in [-0.15, -0.1) is 4.79 Å². The van der Waals surface area contributed by atoms with Gasteiger partial charge in [0.1, 0.15) is 0 Å². The van der Waals surface area contributed by atoms with Crippen molar-refractivity contribution >= 4 is 16.9 Å². The summed E-state index contributed by atoms with van der Waals surface area (Å²) < 4.78 is 32.2. The van der Waals surface area contributed by atoms with Gasteiger partial charge in [-0.1, -0.05) is 16.6 Å². The molecule has 0 aliphatic carbocycles. The molecule has 0 saturated heterocycles. The highest BCUT2D eigenvalue weighted by atomic mass is 19.2. The molecule has 2 rings (SSSR count).